The number of nitrogens with one attached hydrogen (secondary N) is 1. The van der Waals surface area contributed by atoms with Crippen LogP contribution in [-0.2, 0) is 11.1 Å². The van der Waals surface area contributed by atoms with E-state index >= 15 is 0 Å². The van der Waals surface area contributed by atoms with E-state index in [1.165, 1.54) is 32.1 Å². The molecule has 0 aliphatic carbocycles. The van der Waals surface area contributed by atoms with Crippen LogP contribution >= 0.6 is 7.60 Å². The largest absolute Gasteiger partial charge is 0.342 e. The Kier molecular flexibility index (Phi) is 11.5. The van der Waals surface area contributed by atoms with Crippen LogP contribution in [0.1, 0.15) is 67.8 Å². The summed E-state index contributed by atoms with van der Waals surface area (Å²) >= 11 is 0. The monoisotopic (exact) mass is 398 g/mol. The molecule has 0 saturated heterocycles. The maximum atomic E-state index is 12.5. The molecule has 27 heavy (non-hydrogen) atoms. The van der Waals surface area contributed by atoms with Gasteiger partial charge in [-0.3, -0.25) is 9.36 Å². The van der Waals surface area contributed by atoms with Gasteiger partial charge in [-0.05, 0) is 37.1 Å². The van der Waals surface area contributed by atoms with Gasteiger partial charge in [0.2, 0.25) is 0 Å². The molecule has 0 aromatic heterocycles. The van der Waals surface area contributed by atoms with Crippen molar-refractivity contribution in [2.75, 3.05) is 26.3 Å². The van der Waals surface area contributed by atoms with Crippen LogP contribution < -0.4 is 5.32 Å². The minimum absolute atomic E-state index is 0.0460. The number of nitrogens with zero attached hydrogens (tertiary/aromatic N) is 1. The molecule has 154 valence electrons. The molecule has 0 saturated carbocycles. The van der Waals surface area contributed by atoms with Gasteiger partial charge in [0.25, 0.3) is 5.91 Å². The molecule has 0 heterocycles. The van der Waals surface area contributed by atoms with E-state index < -0.39 is 7.60 Å². The van der Waals surface area contributed by atoms with Crippen LogP contribution in [0.15, 0.2) is 24.3 Å². The van der Waals surface area contributed by atoms with Gasteiger partial charge in [0.1, 0.15) is 0 Å². The molecule has 1 amide bonds. The van der Waals surface area contributed by atoms with E-state index in [0.29, 0.717) is 25.1 Å². The van der Waals surface area contributed by atoms with E-state index in [1.807, 2.05) is 31.3 Å². The first-order chi connectivity index (χ1) is 12.8. The van der Waals surface area contributed by atoms with Crippen molar-refractivity contribution < 1.29 is 19.1 Å². The molecule has 0 aliphatic heterocycles. The first-order valence-corrected chi connectivity index (χ1v) is 11.7. The van der Waals surface area contributed by atoms with Gasteiger partial charge in [0, 0.05) is 25.7 Å². The Morgan fingerprint density at radius 2 is 1.67 bits per heavy atom. The fourth-order valence-corrected chi connectivity index (χ4v) is 3.43. The number of rotatable bonds is 14. The highest BCUT2D eigenvalue weighted by molar-refractivity contribution is 7.51. The number of hydrogen-bond donors (Lipinski definition) is 3. The molecule has 0 bridgehead atoms. The Balaban J connectivity index is 2.28. The van der Waals surface area contributed by atoms with Crippen molar-refractivity contribution in [1.82, 2.24) is 10.2 Å². The zero-order valence-corrected chi connectivity index (χ0v) is 17.6. The van der Waals surface area contributed by atoms with Crippen LogP contribution in [0.25, 0.3) is 0 Å². The molecule has 0 aliphatic rings. The normalized spacial score (nSPS) is 11.6. The molecule has 7 heteroatoms. The van der Waals surface area contributed by atoms with E-state index in [4.69, 9.17) is 9.79 Å². The predicted molar refractivity (Wildman–Crippen MR) is 110 cm³/mol. The molecule has 0 radical (unpaired) electrons. The average Bonchev–Trinajstić information content (AvgIpc) is 2.63. The SMILES string of the molecule is CCCCCCCCN(C)C(=O)c1ccc(CNCCCP(=O)(O)O)cc1. The molecular formula is C20H35N2O4P. The van der Waals surface area contributed by atoms with Crippen LogP contribution in [0.4, 0.5) is 0 Å². The molecule has 1 aromatic rings. The summed E-state index contributed by atoms with van der Waals surface area (Å²) in [6.07, 6.45) is 7.61. The topological polar surface area (TPSA) is 89.9 Å². The molecule has 6 nitrogen and oxygen atoms in total. The first kappa shape index (κ1) is 23.8. The Morgan fingerprint density at radius 1 is 1.04 bits per heavy atom. The first-order valence-electron chi connectivity index (χ1n) is 9.93. The van der Waals surface area contributed by atoms with Gasteiger partial charge in [-0.2, -0.15) is 0 Å². The van der Waals surface area contributed by atoms with Crippen LogP contribution in [0.2, 0.25) is 0 Å². The number of unbranched alkanes of at least 4 members (excludes halogenated alkanes) is 5. The van der Waals surface area contributed by atoms with E-state index in [2.05, 4.69) is 12.2 Å². The molecule has 0 atom stereocenters. The van der Waals surface area contributed by atoms with Gasteiger partial charge in [-0.15, -0.1) is 0 Å². The van der Waals surface area contributed by atoms with Crippen molar-refractivity contribution in [3.63, 3.8) is 0 Å². The summed E-state index contributed by atoms with van der Waals surface area (Å²) in [5.41, 5.74) is 1.73. The summed E-state index contributed by atoms with van der Waals surface area (Å²) in [5.74, 6) is 0.0460. The highest BCUT2D eigenvalue weighted by atomic mass is 31.2. The van der Waals surface area contributed by atoms with Crippen LogP contribution in [0.5, 0.6) is 0 Å². The third kappa shape index (κ3) is 11.3. The highest BCUT2D eigenvalue weighted by Gasteiger charge is 2.12. The van der Waals surface area contributed by atoms with Gasteiger partial charge < -0.3 is 20.0 Å². The maximum Gasteiger partial charge on any atom is 0.325 e. The Morgan fingerprint density at radius 3 is 2.30 bits per heavy atom. The predicted octanol–water partition coefficient (Wildman–Crippen LogP) is 3.78. The fourth-order valence-electron chi connectivity index (χ4n) is 2.86. The Labute approximate surface area is 163 Å². The summed E-state index contributed by atoms with van der Waals surface area (Å²) < 4.78 is 10.8. The average molecular weight is 398 g/mol. The smallest absolute Gasteiger partial charge is 0.325 e. The summed E-state index contributed by atoms with van der Waals surface area (Å²) in [4.78, 5) is 31.9. The highest BCUT2D eigenvalue weighted by Crippen LogP contribution is 2.34. The Bertz CT molecular complexity index is 586. The van der Waals surface area contributed by atoms with E-state index in [1.54, 1.807) is 4.90 Å². The molecule has 0 spiro atoms. The molecular weight excluding hydrogens is 363 g/mol. The second-order valence-corrected chi connectivity index (χ2v) is 8.89. The lowest BCUT2D eigenvalue weighted by molar-refractivity contribution is 0.0792. The number of hydrogen-bond acceptors (Lipinski definition) is 3. The van der Waals surface area contributed by atoms with E-state index in [-0.39, 0.29) is 12.1 Å². The van der Waals surface area contributed by atoms with Gasteiger partial charge >= 0.3 is 7.60 Å². The van der Waals surface area contributed by atoms with Gasteiger partial charge in [0.05, 0.1) is 6.16 Å². The number of benzene rings is 1. The van der Waals surface area contributed by atoms with Crippen molar-refractivity contribution in [3.05, 3.63) is 35.4 Å². The number of amides is 1. The van der Waals surface area contributed by atoms with Crippen LogP contribution in [0, 0.1) is 0 Å². The molecule has 1 aromatic carbocycles. The van der Waals surface area contributed by atoms with Crippen molar-refractivity contribution >= 4 is 13.5 Å². The Hall–Kier alpha value is -1.20. The molecule has 1 rings (SSSR count). The lowest BCUT2D eigenvalue weighted by Gasteiger charge is -2.17. The van der Waals surface area contributed by atoms with Crippen molar-refractivity contribution in [1.29, 1.82) is 0 Å². The quantitative estimate of drug-likeness (QED) is 0.328. The number of carbonyl (C=O) groups excluding carboxylic acids is 1. The summed E-state index contributed by atoms with van der Waals surface area (Å²) in [7, 11) is -2.05. The van der Waals surface area contributed by atoms with E-state index in [9.17, 15) is 9.36 Å². The lowest BCUT2D eigenvalue weighted by atomic mass is 10.1. The third-order valence-electron chi connectivity index (χ3n) is 4.53. The molecule has 0 unspecified atom stereocenters. The van der Waals surface area contributed by atoms with Crippen molar-refractivity contribution in [3.8, 4) is 0 Å². The van der Waals surface area contributed by atoms with Crippen molar-refractivity contribution in [2.24, 2.45) is 0 Å². The molecule has 3 N–H and O–H groups in total. The minimum atomic E-state index is -3.90. The fraction of sp³-hybridized carbons (Fsp3) is 0.650. The van der Waals surface area contributed by atoms with Gasteiger partial charge in [0.15, 0.2) is 0 Å². The van der Waals surface area contributed by atoms with Crippen LogP contribution in [-0.4, -0.2) is 46.9 Å². The van der Waals surface area contributed by atoms with Gasteiger partial charge in [-0.1, -0.05) is 51.2 Å². The lowest BCUT2D eigenvalue weighted by Crippen LogP contribution is -2.27. The number of carbonyl (C=O) groups is 1. The summed E-state index contributed by atoms with van der Waals surface area (Å²) in [6, 6.07) is 7.52. The van der Waals surface area contributed by atoms with Gasteiger partial charge in [-0.25, -0.2) is 0 Å². The van der Waals surface area contributed by atoms with Crippen molar-refractivity contribution in [2.45, 2.75) is 58.4 Å². The van der Waals surface area contributed by atoms with E-state index in [0.717, 1.165) is 18.5 Å². The third-order valence-corrected chi connectivity index (χ3v) is 5.43. The zero-order valence-electron chi connectivity index (χ0n) is 16.7. The second kappa shape index (κ2) is 13.1. The summed E-state index contributed by atoms with van der Waals surface area (Å²) in [5, 5.41) is 3.16. The van der Waals surface area contributed by atoms with Crippen LogP contribution in [0.3, 0.4) is 0 Å². The standard InChI is InChI=1S/C20H35N2O4P/c1-3-4-5-6-7-8-15-22(2)20(23)19-12-10-18(11-13-19)17-21-14-9-16-27(24,25)26/h10-13,21H,3-9,14-17H2,1-2H3,(H2,24,25,26). The minimum Gasteiger partial charge on any atom is -0.342 e. The second-order valence-electron chi connectivity index (χ2n) is 7.11. The molecule has 0 fully saturated rings. The maximum absolute atomic E-state index is 12.5. The zero-order chi connectivity index (χ0) is 20.1. The summed E-state index contributed by atoms with van der Waals surface area (Å²) in [6.45, 7) is 4.16.